The summed E-state index contributed by atoms with van der Waals surface area (Å²) in [7, 11) is 0. The van der Waals surface area contributed by atoms with Gasteiger partial charge in [-0.2, -0.15) is 0 Å². The Morgan fingerprint density at radius 3 is 2.27 bits per heavy atom. The summed E-state index contributed by atoms with van der Waals surface area (Å²) >= 11 is 0. The van der Waals surface area contributed by atoms with Crippen LogP contribution in [0.2, 0.25) is 0 Å². The highest BCUT2D eigenvalue weighted by Gasteiger charge is 2.53. The van der Waals surface area contributed by atoms with Crippen LogP contribution in [0.25, 0.3) is 0 Å². The minimum absolute atomic E-state index is 0.0947. The fourth-order valence-electron chi connectivity index (χ4n) is 2.86. The maximum atomic E-state index is 10.1. The minimum atomic E-state index is -1.61. The van der Waals surface area contributed by atoms with E-state index >= 15 is 0 Å². The first-order valence-electron chi connectivity index (χ1n) is 7.03. The van der Waals surface area contributed by atoms with Gasteiger partial charge in [0, 0.05) is 0 Å². The normalized spacial score (nSPS) is 55.4. The van der Waals surface area contributed by atoms with Crippen molar-refractivity contribution in [2.75, 3.05) is 13.2 Å². The van der Waals surface area contributed by atoms with Crippen LogP contribution in [0.3, 0.4) is 0 Å². The molecule has 3 aliphatic heterocycles. The lowest BCUT2D eigenvalue weighted by Gasteiger charge is -2.43. The van der Waals surface area contributed by atoms with Crippen molar-refractivity contribution in [1.82, 2.24) is 0 Å². The maximum absolute atomic E-state index is 10.1. The maximum Gasteiger partial charge on any atom is 0.187 e. The molecule has 3 rings (SSSR count). The van der Waals surface area contributed by atoms with Gasteiger partial charge in [-0.1, -0.05) is 0 Å². The second-order valence-electron chi connectivity index (χ2n) is 5.66. The van der Waals surface area contributed by atoms with E-state index in [0.29, 0.717) is 0 Å². The molecular weight excluding hydrogens is 304 g/mol. The van der Waals surface area contributed by atoms with Crippen LogP contribution in [0, 0.1) is 0 Å². The van der Waals surface area contributed by atoms with E-state index in [1.54, 1.807) is 0 Å². The highest BCUT2D eigenvalue weighted by Crippen LogP contribution is 2.32. The van der Waals surface area contributed by atoms with Gasteiger partial charge in [0.25, 0.3) is 0 Å². The van der Waals surface area contributed by atoms with Crippen LogP contribution in [0.1, 0.15) is 0 Å². The summed E-state index contributed by atoms with van der Waals surface area (Å²) in [5, 5.41) is 58.6. The number of ether oxygens (including phenoxy) is 4. The van der Waals surface area contributed by atoms with Crippen molar-refractivity contribution in [3.8, 4) is 0 Å². The summed E-state index contributed by atoms with van der Waals surface area (Å²) in [5.74, 6) is 0. The molecule has 0 aliphatic carbocycles. The average Bonchev–Trinajstić information content (AvgIpc) is 2.96. The molecule has 3 saturated heterocycles. The topological polar surface area (TPSA) is 158 Å². The van der Waals surface area contributed by atoms with Gasteiger partial charge in [0.05, 0.1) is 13.2 Å². The molecule has 2 bridgehead atoms. The van der Waals surface area contributed by atoms with Crippen molar-refractivity contribution in [2.24, 2.45) is 0 Å². The van der Waals surface area contributed by atoms with Gasteiger partial charge in [0.1, 0.15) is 48.8 Å². The summed E-state index contributed by atoms with van der Waals surface area (Å²) in [6.45, 7) is -0.504. The summed E-state index contributed by atoms with van der Waals surface area (Å²) in [5.41, 5.74) is 0. The summed E-state index contributed by atoms with van der Waals surface area (Å²) in [6.07, 6.45) is -12.6. The molecule has 0 aromatic heterocycles. The molecule has 0 aromatic rings. The zero-order valence-corrected chi connectivity index (χ0v) is 11.5. The zero-order valence-electron chi connectivity index (χ0n) is 11.5. The van der Waals surface area contributed by atoms with Crippen LogP contribution >= 0.6 is 0 Å². The Labute approximate surface area is 125 Å². The Morgan fingerprint density at radius 2 is 1.59 bits per heavy atom. The minimum Gasteiger partial charge on any atom is -0.394 e. The number of hydrogen-bond donors (Lipinski definition) is 6. The second kappa shape index (κ2) is 6.24. The quantitative estimate of drug-likeness (QED) is 0.299. The van der Waals surface area contributed by atoms with Crippen molar-refractivity contribution < 1.29 is 49.6 Å². The third-order valence-electron chi connectivity index (χ3n) is 4.21. The van der Waals surface area contributed by atoms with Crippen molar-refractivity contribution in [3.63, 3.8) is 0 Å². The van der Waals surface area contributed by atoms with E-state index < -0.39 is 68.0 Å². The van der Waals surface area contributed by atoms with Crippen molar-refractivity contribution in [2.45, 2.75) is 61.4 Å². The largest absolute Gasteiger partial charge is 0.394 e. The molecule has 3 heterocycles. The first kappa shape index (κ1) is 16.5. The molecule has 128 valence electrons. The van der Waals surface area contributed by atoms with Gasteiger partial charge < -0.3 is 49.6 Å². The van der Waals surface area contributed by atoms with E-state index in [4.69, 9.17) is 24.1 Å². The predicted molar refractivity (Wildman–Crippen MR) is 65.3 cm³/mol. The molecule has 3 aliphatic rings. The van der Waals surface area contributed by atoms with Gasteiger partial charge in [-0.25, -0.2) is 0 Å². The average molecular weight is 324 g/mol. The van der Waals surface area contributed by atoms with Gasteiger partial charge in [-0.05, 0) is 0 Å². The fourth-order valence-corrected chi connectivity index (χ4v) is 2.86. The molecule has 0 amide bonds. The molecule has 22 heavy (non-hydrogen) atoms. The molecule has 0 spiro atoms. The molecule has 10 nitrogen and oxygen atoms in total. The van der Waals surface area contributed by atoms with E-state index in [0.717, 1.165) is 0 Å². The van der Waals surface area contributed by atoms with Crippen LogP contribution in [-0.2, 0) is 18.9 Å². The number of rotatable bonds is 3. The van der Waals surface area contributed by atoms with E-state index in [2.05, 4.69) is 0 Å². The third kappa shape index (κ3) is 2.65. The van der Waals surface area contributed by atoms with Gasteiger partial charge in [-0.3, -0.25) is 0 Å². The lowest BCUT2D eigenvalue weighted by Crippen LogP contribution is -2.63. The Morgan fingerprint density at radius 1 is 0.864 bits per heavy atom. The number of hydrogen-bond acceptors (Lipinski definition) is 10. The van der Waals surface area contributed by atoms with E-state index in [9.17, 15) is 25.5 Å². The van der Waals surface area contributed by atoms with Crippen molar-refractivity contribution in [1.29, 1.82) is 0 Å². The van der Waals surface area contributed by atoms with Gasteiger partial charge in [-0.15, -0.1) is 0 Å². The lowest BCUT2D eigenvalue weighted by atomic mass is 9.98. The Hall–Kier alpha value is -0.400. The number of aliphatic hydroxyl groups excluding tert-OH is 6. The summed E-state index contributed by atoms with van der Waals surface area (Å²) in [4.78, 5) is 0. The Bertz CT molecular complexity index is 376. The number of aliphatic hydroxyl groups is 6. The van der Waals surface area contributed by atoms with Crippen LogP contribution < -0.4 is 0 Å². The van der Waals surface area contributed by atoms with Gasteiger partial charge in [0.15, 0.2) is 12.6 Å². The van der Waals surface area contributed by atoms with E-state index in [-0.39, 0.29) is 6.61 Å². The van der Waals surface area contributed by atoms with Crippen LogP contribution in [0.4, 0.5) is 0 Å². The molecule has 0 saturated carbocycles. The summed E-state index contributed by atoms with van der Waals surface area (Å²) in [6, 6.07) is 0. The van der Waals surface area contributed by atoms with Crippen molar-refractivity contribution in [3.05, 3.63) is 0 Å². The molecule has 10 heteroatoms. The first-order valence-corrected chi connectivity index (χ1v) is 7.03. The monoisotopic (exact) mass is 324 g/mol. The summed E-state index contributed by atoms with van der Waals surface area (Å²) < 4.78 is 20.9. The molecule has 0 radical (unpaired) electrons. The highest BCUT2D eigenvalue weighted by atomic mass is 16.8. The van der Waals surface area contributed by atoms with Crippen LogP contribution in [0.15, 0.2) is 0 Å². The smallest absolute Gasteiger partial charge is 0.187 e. The first-order chi connectivity index (χ1) is 10.4. The predicted octanol–water partition coefficient (Wildman–Crippen LogP) is -4.35. The van der Waals surface area contributed by atoms with E-state index in [1.165, 1.54) is 0 Å². The lowest BCUT2D eigenvalue weighted by molar-refractivity contribution is -0.341. The second-order valence-corrected chi connectivity index (χ2v) is 5.66. The van der Waals surface area contributed by atoms with Gasteiger partial charge in [0.2, 0.25) is 0 Å². The standard InChI is InChI=1S/C12H20O10/c13-1-3-5(14)7(16)8(17)12(20-3)22-10-6(15)4-2-19-11(21-4)9(10)18/h3-18H,1-2H2/t3-,4+,5-,6-,7+,8-,9-,10+,11-,12-/m1/s1. The van der Waals surface area contributed by atoms with Crippen molar-refractivity contribution >= 4 is 0 Å². The SMILES string of the molecule is OC[C@H]1O[C@H](O[C@@H]2[C@@H](O)[C@@H]3OC[C@H](O3)[C@H]2O)[C@H](O)[C@@H](O)[C@@H]1O. The fraction of sp³-hybridized carbons (Fsp3) is 1.00. The van der Waals surface area contributed by atoms with Crippen LogP contribution in [-0.4, -0.2) is 105 Å². The van der Waals surface area contributed by atoms with Crippen LogP contribution in [0.5, 0.6) is 0 Å². The molecule has 6 N–H and O–H groups in total. The third-order valence-corrected chi connectivity index (χ3v) is 4.21. The molecule has 0 aromatic carbocycles. The molecule has 10 atom stereocenters. The highest BCUT2D eigenvalue weighted by molar-refractivity contribution is 4.96. The molecule has 3 fully saturated rings. The Balaban J connectivity index is 1.71. The zero-order chi connectivity index (χ0) is 16.0. The Kier molecular flexibility index (Phi) is 4.67. The van der Waals surface area contributed by atoms with Gasteiger partial charge >= 0.3 is 0 Å². The van der Waals surface area contributed by atoms with E-state index in [1.807, 2.05) is 0 Å². The number of fused-ring (bicyclic) bond motifs is 2. The molecule has 0 unspecified atom stereocenters. The molecular formula is C12H20O10.